The lowest BCUT2D eigenvalue weighted by Crippen LogP contribution is -2.40. The first-order chi connectivity index (χ1) is 10.5. The van der Waals surface area contributed by atoms with Gasteiger partial charge in [-0.15, -0.1) is 11.8 Å². The predicted molar refractivity (Wildman–Crippen MR) is 79.0 cm³/mol. The summed E-state index contributed by atoms with van der Waals surface area (Å²) in [6.07, 6.45) is -0.995. The summed E-state index contributed by atoms with van der Waals surface area (Å²) in [6, 6.07) is 2.92. The summed E-state index contributed by atoms with van der Waals surface area (Å²) in [7, 11) is 0. The Morgan fingerprint density at radius 1 is 1.50 bits per heavy atom. The van der Waals surface area contributed by atoms with Gasteiger partial charge in [0.05, 0.1) is 24.1 Å². The average Bonchev–Trinajstić information content (AvgIpc) is 2.94. The summed E-state index contributed by atoms with van der Waals surface area (Å²) in [4.78, 5) is 14.1. The Hall–Kier alpha value is -1.41. The van der Waals surface area contributed by atoms with Crippen molar-refractivity contribution in [3.63, 3.8) is 0 Å². The maximum atomic E-state index is 13.4. The molecular weight excluding hydrogens is 317 g/mol. The minimum atomic E-state index is -2.49. The van der Waals surface area contributed by atoms with Crippen molar-refractivity contribution in [3.05, 3.63) is 24.0 Å². The number of benzene rings is 1. The topological polar surface area (TPSA) is 52.6 Å². The number of hydrogen-bond acceptors (Lipinski definition) is 3. The van der Waals surface area contributed by atoms with E-state index < -0.39 is 24.0 Å². The van der Waals surface area contributed by atoms with E-state index in [9.17, 15) is 23.1 Å². The van der Waals surface area contributed by atoms with Gasteiger partial charge in [-0.25, -0.2) is 18.0 Å². The highest BCUT2D eigenvalue weighted by Crippen LogP contribution is 2.30. The number of amides is 2. The fraction of sp³-hybridized carbons (Fsp3) is 0.500. The van der Waals surface area contributed by atoms with Crippen LogP contribution in [0.15, 0.2) is 23.1 Å². The summed E-state index contributed by atoms with van der Waals surface area (Å²) in [5, 5.41) is 11.8. The Balaban J connectivity index is 2.10. The van der Waals surface area contributed by atoms with E-state index in [0.29, 0.717) is 17.9 Å². The van der Waals surface area contributed by atoms with Gasteiger partial charge < -0.3 is 15.3 Å². The minimum absolute atomic E-state index is 0.135. The summed E-state index contributed by atoms with van der Waals surface area (Å²) in [6.45, 7) is 0.370. The number of carbonyl (C=O) groups is 1. The van der Waals surface area contributed by atoms with Crippen LogP contribution in [-0.4, -0.2) is 47.4 Å². The van der Waals surface area contributed by atoms with Crippen molar-refractivity contribution < 1.29 is 23.1 Å². The van der Waals surface area contributed by atoms with E-state index >= 15 is 0 Å². The van der Waals surface area contributed by atoms with Gasteiger partial charge in [-0.1, -0.05) is 0 Å². The van der Waals surface area contributed by atoms with E-state index in [1.54, 1.807) is 0 Å². The Labute approximate surface area is 130 Å². The quantitative estimate of drug-likeness (QED) is 0.813. The number of aliphatic hydroxyl groups excluding tert-OH is 1. The number of likely N-dealkylation sites (tertiary alicyclic amines) is 1. The smallest absolute Gasteiger partial charge is 0.322 e. The lowest BCUT2D eigenvalue weighted by molar-refractivity contribution is 0.166. The Morgan fingerprint density at radius 3 is 2.95 bits per heavy atom. The number of alkyl halides is 2. The Morgan fingerprint density at radius 2 is 2.27 bits per heavy atom. The van der Waals surface area contributed by atoms with E-state index in [1.807, 2.05) is 0 Å². The fourth-order valence-corrected chi connectivity index (χ4v) is 3.09. The van der Waals surface area contributed by atoms with Gasteiger partial charge in [0.15, 0.2) is 0 Å². The molecule has 22 heavy (non-hydrogen) atoms. The van der Waals surface area contributed by atoms with Gasteiger partial charge in [0.2, 0.25) is 6.43 Å². The molecule has 0 saturated carbocycles. The number of nitrogens with one attached hydrogen (secondary N) is 1. The number of carbonyl (C=O) groups excluding carboxylic acids is 1. The number of hydrogen-bond donors (Lipinski definition) is 2. The van der Waals surface area contributed by atoms with Crippen LogP contribution in [0.3, 0.4) is 0 Å². The van der Waals surface area contributed by atoms with Crippen LogP contribution in [0.4, 0.5) is 23.7 Å². The molecule has 0 aromatic heterocycles. The molecule has 1 heterocycles. The van der Waals surface area contributed by atoms with Gasteiger partial charge in [-0.05, 0) is 31.0 Å². The number of anilines is 1. The third-order valence-corrected chi connectivity index (χ3v) is 4.48. The van der Waals surface area contributed by atoms with Crippen molar-refractivity contribution in [3.8, 4) is 0 Å². The fourth-order valence-electron chi connectivity index (χ4n) is 2.36. The van der Waals surface area contributed by atoms with Gasteiger partial charge >= 0.3 is 6.03 Å². The molecule has 1 aliphatic heterocycles. The number of halogens is 3. The normalized spacial score (nSPS) is 18.0. The van der Waals surface area contributed by atoms with E-state index in [2.05, 4.69) is 5.32 Å². The number of nitrogens with zero attached hydrogens (tertiary/aromatic N) is 1. The Bertz CT molecular complexity index is 531. The van der Waals surface area contributed by atoms with Crippen LogP contribution in [0.1, 0.15) is 12.8 Å². The van der Waals surface area contributed by atoms with Crippen LogP contribution in [-0.2, 0) is 0 Å². The van der Waals surface area contributed by atoms with E-state index in [1.165, 1.54) is 11.0 Å². The largest absolute Gasteiger partial charge is 0.394 e. The highest BCUT2D eigenvalue weighted by Gasteiger charge is 2.28. The monoisotopic (exact) mass is 334 g/mol. The minimum Gasteiger partial charge on any atom is -0.394 e. The Kier molecular flexibility index (Phi) is 5.96. The average molecular weight is 334 g/mol. The third-order valence-electron chi connectivity index (χ3n) is 3.40. The molecule has 1 fully saturated rings. The zero-order valence-corrected chi connectivity index (χ0v) is 12.6. The van der Waals surface area contributed by atoms with Crippen LogP contribution < -0.4 is 5.32 Å². The first-order valence-electron chi connectivity index (χ1n) is 6.90. The van der Waals surface area contributed by atoms with E-state index in [-0.39, 0.29) is 18.3 Å². The van der Waals surface area contributed by atoms with Crippen molar-refractivity contribution in [1.29, 1.82) is 0 Å². The zero-order valence-electron chi connectivity index (χ0n) is 11.8. The predicted octanol–water partition coefficient (Wildman–Crippen LogP) is 3.17. The highest BCUT2D eigenvalue weighted by atomic mass is 32.2. The van der Waals surface area contributed by atoms with Crippen molar-refractivity contribution in [2.24, 2.45) is 0 Å². The van der Waals surface area contributed by atoms with Gasteiger partial charge in [-0.3, -0.25) is 0 Å². The molecule has 1 atom stereocenters. The third kappa shape index (κ3) is 4.30. The summed E-state index contributed by atoms with van der Waals surface area (Å²) < 4.78 is 38.0. The molecule has 0 unspecified atom stereocenters. The number of rotatable bonds is 5. The van der Waals surface area contributed by atoms with Gasteiger partial charge in [0, 0.05) is 11.4 Å². The maximum absolute atomic E-state index is 13.4. The first kappa shape index (κ1) is 17.0. The molecule has 8 heteroatoms. The van der Waals surface area contributed by atoms with Crippen molar-refractivity contribution >= 4 is 23.5 Å². The number of aliphatic hydroxyl groups is 1. The standard InChI is InChI=1S/C14H17F3N2O2S/c15-9-3-4-12(22-8-13(16)17)11(6-9)18-14(21)19-5-1-2-10(19)7-20/h3-4,6,10,13,20H,1-2,5,7-8H2,(H,18,21)/t10-/m1/s1. The number of thioether (sulfide) groups is 1. The van der Waals surface area contributed by atoms with Gasteiger partial charge in [0.1, 0.15) is 5.82 Å². The van der Waals surface area contributed by atoms with Crippen molar-refractivity contribution in [2.45, 2.75) is 30.2 Å². The summed E-state index contributed by atoms with van der Waals surface area (Å²) in [5.74, 6) is -0.992. The molecule has 2 N–H and O–H groups in total. The second kappa shape index (κ2) is 7.73. The van der Waals surface area contributed by atoms with Crippen molar-refractivity contribution in [2.75, 3.05) is 24.2 Å². The van der Waals surface area contributed by atoms with Crippen LogP contribution in [0.25, 0.3) is 0 Å². The zero-order chi connectivity index (χ0) is 16.1. The van der Waals surface area contributed by atoms with Crippen molar-refractivity contribution in [1.82, 2.24) is 4.90 Å². The van der Waals surface area contributed by atoms with E-state index in [4.69, 9.17) is 0 Å². The van der Waals surface area contributed by atoms with Crippen LogP contribution in [0, 0.1) is 5.82 Å². The molecule has 0 aliphatic carbocycles. The second-order valence-electron chi connectivity index (χ2n) is 4.94. The molecule has 1 aromatic rings. The SMILES string of the molecule is O=C(Nc1cc(F)ccc1SCC(F)F)N1CCC[C@@H]1CO. The molecule has 0 spiro atoms. The number of urea groups is 1. The van der Waals surface area contributed by atoms with Crippen LogP contribution in [0.2, 0.25) is 0 Å². The molecule has 122 valence electrons. The lowest BCUT2D eigenvalue weighted by Gasteiger charge is -2.24. The van der Waals surface area contributed by atoms with Gasteiger partial charge in [-0.2, -0.15) is 0 Å². The molecule has 1 aromatic carbocycles. The molecule has 0 radical (unpaired) electrons. The van der Waals surface area contributed by atoms with Crippen LogP contribution >= 0.6 is 11.8 Å². The molecule has 0 bridgehead atoms. The summed E-state index contributed by atoms with van der Waals surface area (Å²) >= 11 is 0.856. The molecule has 2 amide bonds. The second-order valence-corrected chi connectivity index (χ2v) is 6.01. The first-order valence-corrected chi connectivity index (χ1v) is 7.88. The molecule has 4 nitrogen and oxygen atoms in total. The lowest BCUT2D eigenvalue weighted by atomic mass is 10.2. The summed E-state index contributed by atoms with van der Waals surface area (Å²) in [5.41, 5.74) is 0.166. The van der Waals surface area contributed by atoms with Crippen LogP contribution in [0.5, 0.6) is 0 Å². The highest BCUT2D eigenvalue weighted by molar-refractivity contribution is 7.99. The molecule has 2 rings (SSSR count). The van der Waals surface area contributed by atoms with E-state index in [0.717, 1.165) is 30.3 Å². The molecule has 1 saturated heterocycles. The van der Waals surface area contributed by atoms with Gasteiger partial charge in [0.25, 0.3) is 0 Å². The molecule has 1 aliphatic rings. The molecular formula is C14H17F3N2O2S. The maximum Gasteiger partial charge on any atom is 0.322 e.